The first-order valence-corrected chi connectivity index (χ1v) is 7.21. The fourth-order valence-electron chi connectivity index (χ4n) is 2.23. The Labute approximate surface area is 111 Å². The van der Waals surface area contributed by atoms with Gasteiger partial charge in [0.1, 0.15) is 5.82 Å². The van der Waals surface area contributed by atoms with Crippen LogP contribution in [0, 0.1) is 5.82 Å². The van der Waals surface area contributed by atoms with Crippen LogP contribution in [0.3, 0.4) is 0 Å². The molecule has 4 heteroatoms. The van der Waals surface area contributed by atoms with Crippen molar-refractivity contribution in [3.8, 4) is 0 Å². The van der Waals surface area contributed by atoms with E-state index < -0.39 is 0 Å². The standard InChI is InChI=1S/C13H17ClFNS/c1-13(5-2-6-17-13)12(16)7-9-3-4-10(14)8-11(9)15/h3-4,8,12H,2,5-7,16H2,1H3. The summed E-state index contributed by atoms with van der Waals surface area (Å²) in [5, 5.41) is 0.432. The molecule has 0 bridgehead atoms. The predicted molar refractivity (Wildman–Crippen MR) is 73.2 cm³/mol. The molecule has 1 saturated heterocycles. The van der Waals surface area contributed by atoms with Crippen LogP contribution in [0.1, 0.15) is 25.3 Å². The van der Waals surface area contributed by atoms with Crippen molar-refractivity contribution >= 4 is 23.4 Å². The smallest absolute Gasteiger partial charge is 0.127 e. The zero-order valence-electron chi connectivity index (χ0n) is 9.88. The Bertz CT molecular complexity index is 404. The van der Waals surface area contributed by atoms with Gasteiger partial charge in [0.15, 0.2) is 0 Å². The zero-order valence-corrected chi connectivity index (χ0v) is 11.5. The molecular formula is C13H17ClFNS. The summed E-state index contributed by atoms with van der Waals surface area (Å²) in [5.41, 5.74) is 6.89. The van der Waals surface area contributed by atoms with Crippen LogP contribution in [-0.2, 0) is 6.42 Å². The lowest BCUT2D eigenvalue weighted by Gasteiger charge is -2.30. The Morgan fingerprint density at radius 3 is 2.94 bits per heavy atom. The first-order chi connectivity index (χ1) is 8.01. The second kappa shape index (κ2) is 5.17. The third-order valence-corrected chi connectivity index (χ3v) is 5.38. The van der Waals surface area contributed by atoms with Crippen LogP contribution in [0.25, 0.3) is 0 Å². The maximum Gasteiger partial charge on any atom is 0.127 e. The van der Waals surface area contributed by atoms with E-state index in [0.717, 1.165) is 12.2 Å². The van der Waals surface area contributed by atoms with Crippen molar-refractivity contribution in [2.45, 2.75) is 37.0 Å². The zero-order chi connectivity index (χ0) is 12.5. The van der Waals surface area contributed by atoms with Gasteiger partial charge in [0, 0.05) is 15.8 Å². The molecule has 0 aliphatic carbocycles. The van der Waals surface area contributed by atoms with Gasteiger partial charge in [0.05, 0.1) is 0 Å². The number of halogens is 2. The lowest BCUT2D eigenvalue weighted by atomic mass is 9.91. The van der Waals surface area contributed by atoms with E-state index >= 15 is 0 Å². The van der Waals surface area contributed by atoms with Crippen molar-refractivity contribution in [3.05, 3.63) is 34.6 Å². The van der Waals surface area contributed by atoms with Crippen molar-refractivity contribution in [2.24, 2.45) is 5.73 Å². The van der Waals surface area contributed by atoms with Crippen molar-refractivity contribution < 1.29 is 4.39 Å². The molecule has 0 aromatic heterocycles. The Hall–Kier alpha value is -0.250. The Balaban J connectivity index is 2.10. The van der Waals surface area contributed by atoms with Crippen LogP contribution >= 0.6 is 23.4 Å². The highest BCUT2D eigenvalue weighted by Gasteiger charge is 2.35. The summed E-state index contributed by atoms with van der Waals surface area (Å²) in [4.78, 5) is 0. The van der Waals surface area contributed by atoms with Crippen molar-refractivity contribution in [3.63, 3.8) is 0 Å². The summed E-state index contributed by atoms with van der Waals surface area (Å²) in [6.45, 7) is 2.18. The van der Waals surface area contributed by atoms with Gasteiger partial charge in [-0.15, -0.1) is 0 Å². The minimum Gasteiger partial charge on any atom is -0.326 e. The minimum absolute atomic E-state index is 0.00863. The van der Waals surface area contributed by atoms with Crippen LogP contribution in [0.15, 0.2) is 18.2 Å². The minimum atomic E-state index is -0.250. The highest BCUT2D eigenvalue weighted by molar-refractivity contribution is 8.00. The average molecular weight is 274 g/mol. The summed E-state index contributed by atoms with van der Waals surface area (Å²) in [6.07, 6.45) is 2.90. The molecule has 94 valence electrons. The third kappa shape index (κ3) is 2.95. The van der Waals surface area contributed by atoms with Crippen LogP contribution in [-0.4, -0.2) is 16.5 Å². The Morgan fingerprint density at radius 1 is 1.59 bits per heavy atom. The maximum absolute atomic E-state index is 13.7. The van der Waals surface area contributed by atoms with Gasteiger partial charge in [0.25, 0.3) is 0 Å². The van der Waals surface area contributed by atoms with Gasteiger partial charge in [-0.25, -0.2) is 4.39 Å². The second-order valence-corrected chi connectivity index (χ2v) is 6.88. The van der Waals surface area contributed by atoms with Gasteiger partial charge in [0.2, 0.25) is 0 Å². The molecule has 17 heavy (non-hydrogen) atoms. The molecule has 2 unspecified atom stereocenters. The van der Waals surface area contributed by atoms with E-state index in [9.17, 15) is 4.39 Å². The van der Waals surface area contributed by atoms with E-state index in [1.807, 2.05) is 11.8 Å². The van der Waals surface area contributed by atoms with Gasteiger partial charge in [-0.1, -0.05) is 17.7 Å². The van der Waals surface area contributed by atoms with Crippen molar-refractivity contribution in [1.82, 2.24) is 0 Å². The molecular weight excluding hydrogens is 257 g/mol. The fourth-order valence-corrected chi connectivity index (χ4v) is 3.73. The summed E-state index contributed by atoms with van der Waals surface area (Å²) in [5.74, 6) is 0.910. The summed E-state index contributed by atoms with van der Waals surface area (Å²) >= 11 is 7.64. The van der Waals surface area contributed by atoms with E-state index in [2.05, 4.69) is 6.92 Å². The number of thioether (sulfide) groups is 1. The largest absolute Gasteiger partial charge is 0.326 e. The van der Waals surface area contributed by atoms with E-state index in [1.165, 1.54) is 12.5 Å². The SMILES string of the molecule is CC1(C(N)Cc2ccc(Cl)cc2F)CCCS1. The van der Waals surface area contributed by atoms with Gasteiger partial charge >= 0.3 is 0 Å². The summed E-state index contributed by atoms with van der Waals surface area (Å²) in [7, 11) is 0. The molecule has 1 nitrogen and oxygen atoms in total. The highest BCUT2D eigenvalue weighted by atomic mass is 35.5. The molecule has 0 spiro atoms. The number of nitrogens with two attached hydrogens (primary N) is 1. The number of hydrogen-bond donors (Lipinski definition) is 1. The Morgan fingerprint density at radius 2 is 2.35 bits per heavy atom. The topological polar surface area (TPSA) is 26.0 Å². The molecule has 1 heterocycles. The monoisotopic (exact) mass is 273 g/mol. The molecule has 0 amide bonds. The molecule has 2 atom stereocenters. The van der Waals surface area contributed by atoms with Crippen LogP contribution in [0.4, 0.5) is 4.39 Å². The third-order valence-electron chi connectivity index (χ3n) is 3.49. The van der Waals surface area contributed by atoms with Gasteiger partial charge in [-0.2, -0.15) is 11.8 Å². The molecule has 2 rings (SSSR count). The van der Waals surface area contributed by atoms with Crippen molar-refractivity contribution in [1.29, 1.82) is 0 Å². The number of rotatable bonds is 3. The maximum atomic E-state index is 13.7. The first-order valence-electron chi connectivity index (χ1n) is 5.85. The fraction of sp³-hybridized carbons (Fsp3) is 0.538. The molecule has 1 fully saturated rings. The molecule has 1 aromatic rings. The average Bonchev–Trinajstić information content (AvgIpc) is 2.71. The van der Waals surface area contributed by atoms with Crippen LogP contribution < -0.4 is 5.73 Å². The molecule has 1 aromatic carbocycles. The van der Waals surface area contributed by atoms with E-state index in [4.69, 9.17) is 17.3 Å². The predicted octanol–water partition coefficient (Wildman–Crippen LogP) is 3.63. The van der Waals surface area contributed by atoms with Gasteiger partial charge in [-0.3, -0.25) is 0 Å². The molecule has 0 saturated carbocycles. The highest BCUT2D eigenvalue weighted by Crippen LogP contribution is 2.40. The van der Waals surface area contributed by atoms with Gasteiger partial charge in [-0.05, 0) is 49.6 Å². The number of benzene rings is 1. The molecule has 1 aliphatic rings. The molecule has 1 aliphatic heterocycles. The van der Waals surface area contributed by atoms with E-state index in [1.54, 1.807) is 12.1 Å². The summed E-state index contributed by atoms with van der Waals surface area (Å²) < 4.78 is 13.8. The molecule has 2 N–H and O–H groups in total. The number of hydrogen-bond acceptors (Lipinski definition) is 2. The summed E-state index contributed by atoms with van der Waals surface area (Å²) in [6, 6.07) is 4.80. The van der Waals surface area contributed by atoms with Gasteiger partial charge < -0.3 is 5.73 Å². The lowest BCUT2D eigenvalue weighted by molar-refractivity contribution is 0.473. The van der Waals surface area contributed by atoms with E-state index in [0.29, 0.717) is 17.0 Å². The van der Waals surface area contributed by atoms with Crippen LogP contribution in [0.5, 0.6) is 0 Å². The first kappa shape index (κ1) is 13.2. The Kier molecular flexibility index (Phi) is 4.01. The second-order valence-electron chi connectivity index (χ2n) is 4.81. The normalized spacial score (nSPS) is 26.1. The molecule has 0 radical (unpaired) electrons. The van der Waals surface area contributed by atoms with Crippen LogP contribution in [0.2, 0.25) is 5.02 Å². The van der Waals surface area contributed by atoms with E-state index in [-0.39, 0.29) is 16.6 Å². The lowest BCUT2D eigenvalue weighted by Crippen LogP contribution is -2.42. The van der Waals surface area contributed by atoms with Crippen molar-refractivity contribution in [2.75, 3.05) is 5.75 Å². The quantitative estimate of drug-likeness (QED) is 0.910.